The van der Waals surface area contributed by atoms with Crippen LogP contribution in [-0.4, -0.2) is 33.5 Å². The first-order valence-corrected chi connectivity index (χ1v) is 10.7. The first-order valence-electron chi connectivity index (χ1n) is 8.70. The molecule has 0 bridgehead atoms. The van der Waals surface area contributed by atoms with Crippen LogP contribution in [0.15, 0.2) is 57.9 Å². The van der Waals surface area contributed by atoms with Crippen LogP contribution in [0.3, 0.4) is 0 Å². The van der Waals surface area contributed by atoms with Gasteiger partial charge in [-0.15, -0.1) is 0 Å². The van der Waals surface area contributed by atoms with Gasteiger partial charge in [0.05, 0.1) is 4.91 Å². The Kier molecular flexibility index (Phi) is 7.35. The van der Waals surface area contributed by atoms with E-state index in [1.54, 1.807) is 42.5 Å². The number of carbonyl (C=O) groups excluding carboxylic acids is 3. The molecule has 0 unspecified atom stereocenters. The summed E-state index contributed by atoms with van der Waals surface area (Å²) in [6, 6.07) is 12.7. The van der Waals surface area contributed by atoms with E-state index in [4.69, 9.17) is 12.2 Å². The maximum Gasteiger partial charge on any atom is 0.269 e. The predicted molar refractivity (Wildman–Crippen MR) is 121 cm³/mol. The second-order valence-electron chi connectivity index (χ2n) is 6.11. The first-order chi connectivity index (χ1) is 14.3. The summed E-state index contributed by atoms with van der Waals surface area (Å²) in [5.41, 5.74) is 5.29. The molecule has 0 aliphatic carbocycles. The van der Waals surface area contributed by atoms with Gasteiger partial charge in [-0.05, 0) is 36.4 Å². The molecule has 6 nitrogen and oxygen atoms in total. The van der Waals surface area contributed by atoms with Crippen LogP contribution in [0.4, 0.5) is 4.39 Å². The van der Waals surface area contributed by atoms with E-state index in [9.17, 15) is 18.8 Å². The Balaban J connectivity index is 1.52. The summed E-state index contributed by atoms with van der Waals surface area (Å²) in [5, 5.41) is 0. The zero-order valence-electron chi connectivity index (χ0n) is 15.4. The van der Waals surface area contributed by atoms with Crippen LogP contribution < -0.4 is 10.9 Å². The lowest BCUT2D eigenvalue weighted by Crippen LogP contribution is -2.43. The zero-order valence-corrected chi connectivity index (χ0v) is 18.6. The fraction of sp³-hybridized carbons (Fsp3) is 0.100. The molecule has 1 aliphatic heterocycles. The summed E-state index contributed by atoms with van der Waals surface area (Å²) in [7, 11) is 0. The van der Waals surface area contributed by atoms with E-state index in [0.29, 0.717) is 5.56 Å². The van der Waals surface area contributed by atoms with Gasteiger partial charge in [0.15, 0.2) is 0 Å². The van der Waals surface area contributed by atoms with Gasteiger partial charge in [0.1, 0.15) is 10.1 Å². The molecule has 2 aromatic carbocycles. The van der Waals surface area contributed by atoms with Crippen LogP contribution in [0.1, 0.15) is 22.3 Å². The summed E-state index contributed by atoms with van der Waals surface area (Å²) in [5.74, 6) is -1.77. The highest BCUT2D eigenvalue weighted by Crippen LogP contribution is 2.32. The molecule has 10 heteroatoms. The van der Waals surface area contributed by atoms with Gasteiger partial charge < -0.3 is 0 Å². The number of benzene rings is 2. The van der Waals surface area contributed by atoms with Crippen molar-refractivity contribution in [1.29, 1.82) is 0 Å². The van der Waals surface area contributed by atoms with E-state index in [2.05, 4.69) is 26.8 Å². The van der Waals surface area contributed by atoms with Crippen LogP contribution >= 0.6 is 39.9 Å². The van der Waals surface area contributed by atoms with Gasteiger partial charge in [-0.2, -0.15) is 0 Å². The third-order valence-corrected chi connectivity index (χ3v) is 5.96. The van der Waals surface area contributed by atoms with Gasteiger partial charge in [-0.3, -0.25) is 30.1 Å². The second kappa shape index (κ2) is 9.96. The average molecular weight is 508 g/mol. The Morgan fingerprint density at radius 3 is 2.53 bits per heavy atom. The Morgan fingerprint density at radius 1 is 1.13 bits per heavy atom. The monoisotopic (exact) mass is 507 g/mol. The molecule has 0 spiro atoms. The minimum atomic E-state index is -0.479. The molecule has 0 saturated carbocycles. The molecule has 1 heterocycles. The maximum absolute atomic E-state index is 13.8. The number of rotatable bonds is 5. The van der Waals surface area contributed by atoms with Gasteiger partial charge in [-0.25, -0.2) is 4.39 Å². The van der Waals surface area contributed by atoms with Crippen molar-refractivity contribution < 1.29 is 18.8 Å². The standard InChI is InChI=1S/C20H15BrFN3O3S2/c21-14-7-5-12(6-8-14)18(27)24-23-17(26)9-10-25-19(28)16(30-20(25)29)11-13-3-1-2-4-15(13)22/h1-8,11H,9-10H2,(H,23,26)(H,24,27)/b16-11-. The van der Waals surface area contributed by atoms with Crippen LogP contribution in [0.5, 0.6) is 0 Å². The smallest absolute Gasteiger partial charge is 0.269 e. The lowest BCUT2D eigenvalue weighted by Gasteiger charge is -2.14. The van der Waals surface area contributed by atoms with Crippen LogP contribution in [0.2, 0.25) is 0 Å². The van der Waals surface area contributed by atoms with Crippen LogP contribution in [-0.2, 0) is 9.59 Å². The molecule has 0 radical (unpaired) electrons. The summed E-state index contributed by atoms with van der Waals surface area (Å²) in [4.78, 5) is 38.1. The van der Waals surface area contributed by atoms with Crippen molar-refractivity contribution >= 4 is 68.0 Å². The Bertz CT molecular complexity index is 1040. The van der Waals surface area contributed by atoms with Crippen molar-refractivity contribution in [2.45, 2.75) is 6.42 Å². The molecule has 2 N–H and O–H groups in total. The largest absolute Gasteiger partial charge is 0.292 e. The molecule has 1 saturated heterocycles. The number of nitrogens with one attached hydrogen (secondary N) is 2. The third-order valence-electron chi connectivity index (χ3n) is 4.05. The minimum Gasteiger partial charge on any atom is -0.292 e. The van der Waals surface area contributed by atoms with Gasteiger partial charge >= 0.3 is 0 Å². The number of thiocarbonyl (C=S) groups is 1. The number of hydrogen-bond donors (Lipinski definition) is 2. The normalized spacial score (nSPS) is 14.9. The third kappa shape index (κ3) is 5.53. The Labute approximate surface area is 190 Å². The van der Waals surface area contributed by atoms with Crippen molar-refractivity contribution in [3.05, 3.63) is 74.9 Å². The molecule has 3 amide bonds. The predicted octanol–water partition coefficient (Wildman–Crippen LogP) is 3.64. The highest BCUT2D eigenvalue weighted by Gasteiger charge is 2.32. The molecule has 2 aromatic rings. The summed E-state index contributed by atoms with van der Waals surface area (Å²) in [6.07, 6.45) is 1.37. The summed E-state index contributed by atoms with van der Waals surface area (Å²) in [6.45, 7) is 0.0409. The lowest BCUT2D eigenvalue weighted by molar-refractivity contribution is -0.124. The number of thioether (sulfide) groups is 1. The average Bonchev–Trinajstić information content (AvgIpc) is 2.99. The van der Waals surface area contributed by atoms with Gasteiger partial charge in [0, 0.05) is 28.6 Å². The number of hydrogen-bond acceptors (Lipinski definition) is 5. The van der Waals surface area contributed by atoms with Crippen molar-refractivity contribution in [3.63, 3.8) is 0 Å². The highest BCUT2D eigenvalue weighted by molar-refractivity contribution is 9.10. The van der Waals surface area contributed by atoms with E-state index < -0.39 is 17.6 Å². The van der Waals surface area contributed by atoms with Crippen molar-refractivity contribution in [3.8, 4) is 0 Å². The fourth-order valence-corrected chi connectivity index (χ4v) is 4.07. The number of nitrogens with zero attached hydrogens (tertiary/aromatic N) is 1. The fourth-order valence-electron chi connectivity index (χ4n) is 2.50. The number of amides is 3. The first kappa shape index (κ1) is 22.1. The van der Waals surface area contributed by atoms with E-state index in [1.807, 2.05) is 0 Å². The topological polar surface area (TPSA) is 78.5 Å². The molecule has 0 atom stereocenters. The minimum absolute atomic E-state index is 0.0409. The molecule has 1 aliphatic rings. The Hall–Kier alpha value is -2.56. The number of hydrazine groups is 1. The highest BCUT2D eigenvalue weighted by atomic mass is 79.9. The summed E-state index contributed by atoms with van der Waals surface area (Å²) >= 11 is 9.53. The van der Waals surface area contributed by atoms with E-state index in [1.165, 1.54) is 17.0 Å². The molecule has 30 heavy (non-hydrogen) atoms. The zero-order chi connectivity index (χ0) is 21.7. The van der Waals surface area contributed by atoms with E-state index in [0.717, 1.165) is 16.2 Å². The van der Waals surface area contributed by atoms with Gasteiger partial charge in [0.2, 0.25) is 5.91 Å². The molecule has 0 aromatic heterocycles. The second-order valence-corrected chi connectivity index (χ2v) is 8.71. The quantitative estimate of drug-likeness (QED) is 0.367. The number of halogens is 2. The molecular weight excluding hydrogens is 493 g/mol. The van der Waals surface area contributed by atoms with E-state index in [-0.39, 0.29) is 33.7 Å². The SMILES string of the molecule is O=C(CCN1C(=O)/C(=C/c2ccccc2F)SC1=S)NNC(=O)c1ccc(Br)cc1. The van der Waals surface area contributed by atoms with Crippen LogP contribution in [0.25, 0.3) is 6.08 Å². The van der Waals surface area contributed by atoms with Gasteiger partial charge in [0.25, 0.3) is 11.8 Å². The van der Waals surface area contributed by atoms with Crippen molar-refractivity contribution in [2.24, 2.45) is 0 Å². The van der Waals surface area contributed by atoms with E-state index >= 15 is 0 Å². The van der Waals surface area contributed by atoms with Crippen molar-refractivity contribution in [2.75, 3.05) is 6.54 Å². The molecule has 3 rings (SSSR count). The lowest BCUT2D eigenvalue weighted by atomic mass is 10.2. The number of carbonyl (C=O) groups is 3. The van der Waals surface area contributed by atoms with Gasteiger partial charge in [-0.1, -0.05) is 58.1 Å². The van der Waals surface area contributed by atoms with Crippen molar-refractivity contribution in [1.82, 2.24) is 15.8 Å². The molecule has 154 valence electrons. The molecule has 1 fully saturated rings. The van der Waals surface area contributed by atoms with Crippen LogP contribution in [0, 0.1) is 5.82 Å². The summed E-state index contributed by atoms with van der Waals surface area (Å²) < 4.78 is 14.9. The molecular formula is C20H15BrFN3O3S2. The Morgan fingerprint density at radius 2 is 1.83 bits per heavy atom. The maximum atomic E-state index is 13.8.